The first kappa shape index (κ1) is 21.9. The molecule has 1 unspecified atom stereocenters. The molecule has 170 valence electrons. The number of hydrazone groups is 1. The third-order valence-corrected chi connectivity index (χ3v) is 5.18. The van der Waals surface area contributed by atoms with Crippen LogP contribution in [-0.2, 0) is 19.0 Å². The van der Waals surface area contributed by atoms with Crippen molar-refractivity contribution in [2.75, 3.05) is 0 Å². The Morgan fingerprint density at radius 1 is 1.09 bits per heavy atom. The molecule has 3 aromatic rings. The minimum Gasteiger partial charge on any atom is -0.477 e. The number of benzene rings is 2. The molecule has 1 atom stereocenters. The van der Waals surface area contributed by atoms with Crippen LogP contribution >= 0.6 is 0 Å². The molecule has 2 heterocycles. The van der Waals surface area contributed by atoms with Gasteiger partial charge in [0.15, 0.2) is 23.2 Å². The molecule has 32 heavy (non-hydrogen) atoms. The van der Waals surface area contributed by atoms with Crippen LogP contribution in [0.4, 0.5) is 13.2 Å². The van der Waals surface area contributed by atoms with Gasteiger partial charge in [0, 0.05) is 11.1 Å². The van der Waals surface area contributed by atoms with Crippen molar-refractivity contribution in [3.63, 3.8) is 0 Å². The Hall–Kier alpha value is -3.27. The fraction of sp³-hybridized carbons (Fsp3) is 0.364. The normalized spacial score (nSPS) is 14.7. The van der Waals surface area contributed by atoms with Crippen LogP contribution in [0.1, 0.15) is 55.2 Å². The molecule has 0 fully saturated rings. The average molecular weight is 447 g/mol. The van der Waals surface area contributed by atoms with Crippen molar-refractivity contribution in [3.05, 3.63) is 58.8 Å². The number of aryl methyl sites for hydroxylation is 2. The van der Waals surface area contributed by atoms with Gasteiger partial charge >= 0.3 is 6.18 Å². The Balaban J connectivity index is 1.89. The van der Waals surface area contributed by atoms with Gasteiger partial charge in [-0.05, 0) is 24.5 Å². The van der Waals surface area contributed by atoms with E-state index in [9.17, 15) is 13.2 Å². The number of hydrogen-bond acceptors (Lipinski definition) is 7. The highest BCUT2D eigenvalue weighted by Gasteiger charge is 2.38. The second-order valence-electron chi connectivity index (χ2n) is 7.52. The van der Waals surface area contributed by atoms with Crippen molar-refractivity contribution in [2.24, 2.45) is 5.10 Å². The number of aromatic nitrogens is 1. The van der Waals surface area contributed by atoms with E-state index in [4.69, 9.17) is 9.26 Å². The Kier molecular flexibility index (Phi) is 6.22. The van der Waals surface area contributed by atoms with Gasteiger partial charge in [-0.25, -0.2) is 5.53 Å². The van der Waals surface area contributed by atoms with E-state index >= 15 is 0 Å². The molecule has 1 aromatic heterocycles. The highest BCUT2D eigenvalue weighted by Crippen LogP contribution is 2.42. The molecule has 3 N–H and O–H groups in total. The van der Waals surface area contributed by atoms with E-state index in [-0.39, 0.29) is 11.0 Å². The maximum Gasteiger partial charge on any atom is 0.437 e. The van der Waals surface area contributed by atoms with Gasteiger partial charge in [0.05, 0.1) is 5.39 Å². The second kappa shape index (κ2) is 9.07. The van der Waals surface area contributed by atoms with E-state index in [0.29, 0.717) is 42.0 Å². The molecule has 1 aliphatic rings. The number of fused-ring (bicyclic) bond motifs is 1. The molecule has 0 saturated carbocycles. The zero-order chi connectivity index (χ0) is 22.7. The average Bonchev–Trinajstić information content (AvgIpc) is 3.44. The lowest BCUT2D eigenvalue weighted by Crippen LogP contribution is -2.38. The number of ether oxygens (including phenoxy) is 1. The van der Waals surface area contributed by atoms with Crippen molar-refractivity contribution in [3.8, 4) is 5.75 Å². The molecule has 0 bridgehead atoms. The molecular formula is C22H24F3N5O2. The lowest BCUT2D eigenvalue weighted by atomic mass is 9.97. The molecular weight excluding hydrogens is 423 g/mol. The van der Waals surface area contributed by atoms with E-state index in [1.807, 2.05) is 44.2 Å². The molecule has 2 aromatic carbocycles. The first-order valence-corrected chi connectivity index (χ1v) is 10.5. The highest BCUT2D eigenvalue weighted by molar-refractivity contribution is 5.89. The van der Waals surface area contributed by atoms with Crippen LogP contribution < -0.4 is 21.2 Å². The molecule has 0 saturated heterocycles. The number of nitrogens with zero attached hydrogens (tertiary/aromatic N) is 2. The van der Waals surface area contributed by atoms with E-state index in [1.54, 1.807) is 0 Å². The molecule has 0 radical (unpaired) electrons. The summed E-state index contributed by atoms with van der Waals surface area (Å²) in [4.78, 5) is 0. The van der Waals surface area contributed by atoms with Crippen LogP contribution in [0, 0.1) is 0 Å². The summed E-state index contributed by atoms with van der Waals surface area (Å²) in [6.45, 7) is 3.92. The van der Waals surface area contributed by atoms with Crippen molar-refractivity contribution in [1.82, 2.24) is 21.7 Å². The summed E-state index contributed by atoms with van der Waals surface area (Å²) in [6.07, 6.45) is -2.77. The van der Waals surface area contributed by atoms with Crippen LogP contribution in [0.5, 0.6) is 5.75 Å². The molecule has 10 heteroatoms. The lowest BCUT2D eigenvalue weighted by molar-refractivity contribution is -0.141. The van der Waals surface area contributed by atoms with E-state index in [0.717, 1.165) is 12.0 Å². The van der Waals surface area contributed by atoms with E-state index in [2.05, 4.69) is 26.8 Å². The molecule has 1 aliphatic heterocycles. The number of rotatable bonds is 8. The van der Waals surface area contributed by atoms with Crippen molar-refractivity contribution in [1.29, 1.82) is 0 Å². The van der Waals surface area contributed by atoms with Gasteiger partial charge in [0.25, 0.3) is 0 Å². The summed E-state index contributed by atoms with van der Waals surface area (Å²) >= 11 is 0. The summed E-state index contributed by atoms with van der Waals surface area (Å²) < 4.78 is 52.3. The number of amidine groups is 1. The second-order valence-corrected chi connectivity index (χ2v) is 7.52. The van der Waals surface area contributed by atoms with Gasteiger partial charge in [-0.3, -0.25) is 5.43 Å². The third-order valence-electron chi connectivity index (χ3n) is 5.18. The zero-order valence-electron chi connectivity index (χ0n) is 17.7. The number of halogens is 3. The van der Waals surface area contributed by atoms with Crippen LogP contribution in [0.2, 0.25) is 0 Å². The first-order valence-electron chi connectivity index (χ1n) is 10.5. The Bertz CT molecular complexity index is 1110. The van der Waals surface area contributed by atoms with Gasteiger partial charge in [-0.1, -0.05) is 62.2 Å². The quantitative estimate of drug-likeness (QED) is 0.460. The third kappa shape index (κ3) is 4.22. The minimum absolute atomic E-state index is 0.0346. The fourth-order valence-electron chi connectivity index (χ4n) is 3.83. The standard InChI is InChI=1S/C22H24F3N5O2/c1-3-8-14-12-16-19(32-28-20(16)22(23,24)25)15(9-4-2)17(14)31-18(21-26-29-30-27-21)13-10-6-5-7-11-13/h5-7,10-12,18,29-30H,3-4,8-9H2,1-2H3,(H,26,27). The van der Waals surface area contributed by atoms with Crippen LogP contribution in [0.25, 0.3) is 11.0 Å². The van der Waals surface area contributed by atoms with Gasteiger partial charge in [-0.2, -0.15) is 13.2 Å². The number of hydrogen-bond donors (Lipinski definition) is 3. The first-order chi connectivity index (χ1) is 15.4. The van der Waals surface area contributed by atoms with E-state index in [1.165, 1.54) is 6.07 Å². The Morgan fingerprint density at radius 2 is 1.84 bits per heavy atom. The summed E-state index contributed by atoms with van der Waals surface area (Å²) in [6, 6.07) is 11.0. The summed E-state index contributed by atoms with van der Waals surface area (Å²) in [5.41, 5.74) is 9.44. The van der Waals surface area contributed by atoms with Gasteiger partial charge in [-0.15, -0.1) is 10.6 Å². The van der Waals surface area contributed by atoms with E-state index < -0.39 is 18.0 Å². The lowest BCUT2D eigenvalue weighted by Gasteiger charge is -2.23. The number of alkyl halides is 3. The Morgan fingerprint density at radius 3 is 2.47 bits per heavy atom. The van der Waals surface area contributed by atoms with Crippen molar-refractivity contribution < 1.29 is 22.4 Å². The highest BCUT2D eigenvalue weighted by atomic mass is 19.4. The van der Waals surface area contributed by atoms with Crippen molar-refractivity contribution >= 4 is 16.8 Å². The van der Waals surface area contributed by atoms with Gasteiger partial charge in [0.1, 0.15) is 5.75 Å². The SMILES string of the molecule is CCCc1cc2c(C(F)(F)F)noc2c(CCC)c1OC(C1=NNNN1)c1ccccc1. The summed E-state index contributed by atoms with van der Waals surface area (Å²) in [5, 5.41) is 7.51. The van der Waals surface area contributed by atoms with Crippen LogP contribution in [-0.4, -0.2) is 11.0 Å². The van der Waals surface area contributed by atoms with Crippen molar-refractivity contribution in [2.45, 2.75) is 51.8 Å². The molecule has 4 rings (SSSR count). The smallest absolute Gasteiger partial charge is 0.437 e. The minimum atomic E-state index is -4.60. The predicted octanol–water partition coefficient (Wildman–Crippen LogP) is 4.80. The van der Waals surface area contributed by atoms with Crippen LogP contribution in [0.15, 0.2) is 46.0 Å². The maximum atomic E-state index is 13.5. The summed E-state index contributed by atoms with van der Waals surface area (Å²) in [5.74, 6) is 1.01. The molecule has 7 nitrogen and oxygen atoms in total. The topological polar surface area (TPSA) is 83.7 Å². The molecule has 0 aliphatic carbocycles. The fourth-order valence-corrected chi connectivity index (χ4v) is 3.83. The Labute approximate surface area is 182 Å². The largest absolute Gasteiger partial charge is 0.477 e. The monoisotopic (exact) mass is 447 g/mol. The number of nitrogens with one attached hydrogen (secondary N) is 3. The summed E-state index contributed by atoms with van der Waals surface area (Å²) in [7, 11) is 0. The number of hydrazine groups is 2. The van der Waals surface area contributed by atoms with Crippen LogP contribution in [0.3, 0.4) is 0 Å². The van der Waals surface area contributed by atoms with Gasteiger partial charge < -0.3 is 9.26 Å². The van der Waals surface area contributed by atoms with Gasteiger partial charge in [0.2, 0.25) is 0 Å². The molecule has 0 spiro atoms. The molecule has 0 amide bonds. The predicted molar refractivity (Wildman–Crippen MR) is 114 cm³/mol. The zero-order valence-corrected chi connectivity index (χ0v) is 17.7. The maximum absolute atomic E-state index is 13.5.